The predicted octanol–water partition coefficient (Wildman–Crippen LogP) is 3.77. The largest absolute Gasteiger partial charge is 1.00 e. The number of Topliss-reactive ketones (excluding diaryl/α,β-unsaturated/α-hetero) is 1. The zero-order valence-corrected chi connectivity index (χ0v) is 30.0. The van der Waals surface area contributed by atoms with Crippen molar-refractivity contribution in [3.63, 3.8) is 0 Å². The summed E-state index contributed by atoms with van der Waals surface area (Å²) in [7, 11) is 2.20. The monoisotopic (exact) mass is 693 g/mol. The summed E-state index contributed by atoms with van der Waals surface area (Å²) in [5, 5.41) is 11.6. The predicted molar refractivity (Wildman–Crippen MR) is 183 cm³/mol. The van der Waals surface area contributed by atoms with Crippen LogP contribution in [0.2, 0.25) is 0 Å². The molecule has 1 fully saturated rings. The fourth-order valence-electron chi connectivity index (χ4n) is 6.17. The first-order valence-electron chi connectivity index (χ1n) is 16.2. The van der Waals surface area contributed by atoms with Crippen LogP contribution in [0.4, 0.5) is 5.69 Å². The summed E-state index contributed by atoms with van der Waals surface area (Å²) in [5.74, 6) is -0.459. The highest BCUT2D eigenvalue weighted by atomic mass is 79.9. The van der Waals surface area contributed by atoms with E-state index in [-0.39, 0.29) is 28.9 Å². The van der Waals surface area contributed by atoms with Crippen LogP contribution in [0.1, 0.15) is 70.8 Å². The van der Waals surface area contributed by atoms with Gasteiger partial charge in [0.15, 0.2) is 5.78 Å². The van der Waals surface area contributed by atoms with Crippen molar-refractivity contribution >= 4 is 23.3 Å². The molecule has 3 aromatic carbocycles. The number of likely N-dealkylation sites (tertiary alicyclic amines) is 1. The maximum Gasteiger partial charge on any atom is 0.335 e. The highest BCUT2D eigenvalue weighted by Crippen LogP contribution is 2.23. The average Bonchev–Trinajstić information content (AvgIpc) is 3.02. The van der Waals surface area contributed by atoms with Gasteiger partial charge in [-0.25, -0.2) is 4.79 Å². The third-order valence-corrected chi connectivity index (χ3v) is 9.15. The summed E-state index contributed by atoms with van der Waals surface area (Å²) in [4.78, 5) is 38.9. The minimum atomic E-state index is -0.879. The van der Waals surface area contributed by atoms with Crippen LogP contribution in [0.25, 0.3) is 0 Å². The number of aryl methyl sites for hydroxylation is 4. The Morgan fingerprint density at radius 2 is 1.46 bits per heavy atom. The molecule has 0 bridgehead atoms. The lowest BCUT2D eigenvalue weighted by molar-refractivity contribution is -0.900. The Morgan fingerprint density at radius 3 is 2.00 bits per heavy atom. The normalized spacial score (nSPS) is 15.8. The molecule has 1 aliphatic rings. The number of rotatable bonds is 12. The molecule has 250 valence electrons. The molecule has 2 atom stereocenters. The molecule has 2 N–H and O–H groups in total. The molecular weight excluding hydrogens is 642 g/mol. The molecule has 0 aromatic heterocycles. The van der Waals surface area contributed by atoms with Crippen molar-refractivity contribution in [1.29, 1.82) is 0 Å². The molecular formula is C38H52BrN3O4. The molecule has 46 heavy (non-hydrogen) atoms. The molecule has 4 rings (SSSR count). The quantitative estimate of drug-likeness (QED) is 0.282. The number of hydrogen-bond donors (Lipinski definition) is 2. The van der Waals surface area contributed by atoms with Crippen LogP contribution in [-0.2, 0) is 16.0 Å². The van der Waals surface area contributed by atoms with Gasteiger partial charge in [-0.1, -0.05) is 61.0 Å². The molecule has 0 saturated carbocycles. The summed E-state index contributed by atoms with van der Waals surface area (Å²) in [6.07, 6.45) is 4.64. The van der Waals surface area contributed by atoms with Gasteiger partial charge in [0.2, 0.25) is 5.91 Å². The number of carbonyl (C=O) groups excluding carboxylic acids is 2. The van der Waals surface area contributed by atoms with Gasteiger partial charge < -0.3 is 31.9 Å². The molecule has 0 radical (unpaired) electrons. The lowest BCUT2D eigenvalue weighted by Gasteiger charge is -2.37. The van der Waals surface area contributed by atoms with E-state index in [1.807, 2.05) is 32.0 Å². The third-order valence-electron chi connectivity index (χ3n) is 9.15. The van der Waals surface area contributed by atoms with Crippen molar-refractivity contribution in [3.05, 3.63) is 100 Å². The molecule has 2 unspecified atom stereocenters. The van der Waals surface area contributed by atoms with Gasteiger partial charge in [-0.05, 0) is 94.0 Å². The van der Waals surface area contributed by atoms with E-state index in [2.05, 4.69) is 56.2 Å². The average molecular weight is 695 g/mol. The maximum atomic E-state index is 13.3. The second-order valence-electron chi connectivity index (χ2n) is 12.7. The van der Waals surface area contributed by atoms with Crippen LogP contribution in [0.3, 0.4) is 0 Å². The molecule has 0 aliphatic carbocycles. The number of carboxylic acid groups (broad SMARTS) is 1. The first kappa shape index (κ1) is 38.9. The Morgan fingerprint density at radius 1 is 0.870 bits per heavy atom. The highest BCUT2D eigenvalue weighted by molar-refractivity contribution is 5.96. The number of anilines is 1. The van der Waals surface area contributed by atoms with Gasteiger partial charge in [-0.2, -0.15) is 0 Å². The smallest absolute Gasteiger partial charge is 0.335 e. The van der Waals surface area contributed by atoms with Crippen molar-refractivity contribution in [2.24, 2.45) is 0 Å². The Bertz CT molecular complexity index is 1400. The fourth-order valence-corrected chi connectivity index (χ4v) is 6.17. The highest BCUT2D eigenvalue weighted by Gasteiger charge is 2.30. The summed E-state index contributed by atoms with van der Waals surface area (Å²) in [5.41, 5.74) is 7.06. The van der Waals surface area contributed by atoms with Gasteiger partial charge in [0.25, 0.3) is 0 Å². The molecule has 8 heteroatoms. The summed E-state index contributed by atoms with van der Waals surface area (Å²) in [6, 6.07) is 20.6. The number of piperidine rings is 1. The number of ketones is 1. The van der Waals surface area contributed by atoms with Crippen LogP contribution in [-0.4, -0.2) is 78.0 Å². The third kappa shape index (κ3) is 11.5. The SMILES string of the molecule is CC[N+](C)(CCCN1CCCCC1C(=O)Nc1c(C)cccc1C)CC(=O)Cc1c(C)cccc1C.O=C(O)c1ccccc1.[Br-]. The number of quaternary nitrogens is 1. The van der Waals surface area contributed by atoms with Crippen LogP contribution in [0, 0.1) is 27.7 Å². The van der Waals surface area contributed by atoms with Crippen LogP contribution < -0.4 is 22.3 Å². The Kier molecular flexibility index (Phi) is 15.8. The minimum absolute atomic E-state index is 0. The van der Waals surface area contributed by atoms with E-state index < -0.39 is 5.97 Å². The lowest BCUT2D eigenvalue weighted by Crippen LogP contribution is -3.00. The number of benzene rings is 3. The van der Waals surface area contributed by atoms with E-state index in [0.29, 0.717) is 24.3 Å². The first-order chi connectivity index (χ1) is 21.4. The standard InChI is InChI=1S/C31H45N3O2.C7H6O2.BrH/c1-7-34(6,22-27(35)21-28-23(2)13-10-14-24(28)3)20-12-19-33-18-9-8-17-29(33)31(36)32-30-25(4)15-11-16-26(30)5;8-7(9)6-4-2-1-3-5-6;/h10-11,13-16,29H,7-9,12,17-22H2,1-6H3;1-5H,(H,8,9);1H. The van der Waals surface area contributed by atoms with E-state index in [1.165, 1.54) is 16.7 Å². The van der Waals surface area contributed by atoms with E-state index in [1.54, 1.807) is 30.3 Å². The van der Waals surface area contributed by atoms with Crippen LogP contribution >= 0.6 is 0 Å². The number of halogens is 1. The van der Waals surface area contributed by atoms with E-state index in [9.17, 15) is 14.4 Å². The maximum absolute atomic E-state index is 13.3. The Labute approximate surface area is 286 Å². The van der Waals surface area contributed by atoms with Crippen molar-refractivity contribution < 1.29 is 41.0 Å². The number of nitrogens with one attached hydrogen (secondary N) is 1. The summed E-state index contributed by atoms with van der Waals surface area (Å²) < 4.78 is 0.747. The first-order valence-corrected chi connectivity index (χ1v) is 16.2. The number of nitrogens with zero attached hydrogens (tertiary/aromatic N) is 2. The minimum Gasteiger partial charge on any atom is -1.00 e. The lowest BCUT2D eigenvalue weighted by atomic mass is 9.97. The Balaban J connectivity index is 0.000000633. The number of para-hydroxylation sites is 1. The fraction of sp³-hybridized carbons (Fsp3) is 0.447. The molecule has 7 nitrogen and oxygen atoms in total. The number of likely N-dealkylation sites (N-methyl/N-ethyl adjacent to an activating group) is 1. The Hall–Kier alpha value is -3.33. The van der Waals surface area contributed by atoms with Crippen molar-refractivity contribution in [2.45, 2.75) is 72.8 Å². The van der Waals surface area contributed by atoms with E-state index in [0.717, 1.165) is 73.2 Å². The summed E-state index contributed by atoms with van der Waals surface area (Å²) in [6.45, 7) is 14.7. The van der Waals surface area contributed by atoms with Gasteiger partial charge in [0.05, 0.1) is 31.7 Å². The zero-order valence-electron chi connectivity index (χ0n) is 28.4. The molecule has 0 spiro atoms. The number of carboxylic acids is 1. The van der Waals surface area contributed by atoms with Gasteiger partial charge in [0.1, 0.15) is 6.54 Å². The molecule has 3 aromatic rings. The van der Waals surface area contributed by atoms with E-state index in [4.69, 9.17) is 5.11 Å². The molecule has 1 saturated heterocycles. The molecule has 1 amide bonds. The van der Waals surface area contributed by atoms with Crippen LogP contribution in [0.15, 0.2) is 66.7 Å². The van der Waals surface area contributed by atoms with Gasteiger partial charge in [-0.15, -0.1) is 0 Å². The number of carbonyl (C=O) groups is 3. The second-order valence-corrected chi connectivity index (χ2v) is 12.7. The van der Waals surface area contributed by atoms with Gasteiger partial charge in [0, 0.05) is 25.1 Å². The van der Waals surface area contributed by atoms with Crippen LogP contribution in [0.5, 0.6) is 0 Å². The molecule has 1 aliphatic heterocycles. The summed E-state index contributed by atoms with van der Waals surface area (Å²) >= 11 is 0. The zero-order chi connectivity index (χ0) is 33.0. The number of hydrogen-bond acceptors (Lipinski definition) is 4. The number of aromatic carboxylic acids is 1. The van der Waals surface area contributed by atoms with E-state index >= 15 is 0 Å². The topological polar surface area (TPSA) is 86.7 Å². The van der Waals surface area contributed by atoms with Gasteiger partial charge in [-0.3, -0.25) is 14.5 Å². The number of amides is 1. The van der Waals surface area contributed by atoms with Crippen molar-refractivity contribution in [1.82, 2.24) is 4.90 Å². The van der Waals surface area contributed by atoms with Crippen molar-refractivity contribution in [3.8, 4) is 0 Å². The second kappa shape index (κ2) is 18.7. The van der Waals surface area contributed by atoms with Crippen molar-refractivity contribution in [2.75, 3.05) is 45.1 Å². The van der Waals surface area contributed by atoms with Gasteiger partial charge >= 0.3 is 5.97 Å². The molecule has 1 heterocycles.